The smallest absolute Gasteiger partial charge is 0.253 e. The molecule has 0 unspecified atom stereocenters. The second kappa shape index (κ2) is 9.22. The molecule has 1 saturated carbocycles. The normalized spacial score (nSPS) is 33.1. The number of thiophene rings is 1. The number of ether oxygens (including phenoxy) is 2. The Morgan fingerprint density at radius 1 is 1.05 bits per heavy atom. The zero-order chi connectivity index (χ0) is 28.7. The molecule has 6 atom stereocenters. The number of nitrogens with zero attached hydrogens (tertiary/aromatic N) is 2. The van der Waals surface area contributed by atoms with Crippen LogP contribution >= 0.6 is 34.5 Å². The number of methoxy groups -OCH3 is 2. The first-order chi connectivity index (χ1) is 19.0. The molecule has 9 nitrogen and oxygen atoms in total. The first-order valence-electron chi connectivity index (χ1n) is 12.7. The maximum atomic E-state index is 13.9. The van der Waals surface area contributed by atoms with E-state index in [0.29, 0.717) is 11.1 Å². The Hall–Kier alpha value is -3.08. The van der Waals surface area contributed by atoms with Crippen LogP contribution in [0.5, 0.6) is 17.2 Å². The summed E-state index contributed by atoms with van der Waals surface area (Å²) in [5, 5.41) is 12.4. The van der Waals surface area contributed by atoms with Crippen molar-refractivity contribution in [3.63, 3.8) is 0 Å². The van der Waals surface area contributed by atoms with Gasteiger partial charge in [-0.15, -0.1) is 34.5 Å². The summed E-state index contributed by atoms with van der Waals surface area (Å²) in [5.41, 5.74) is 1.07. The summed E-state index contributed by atoms with van der Waals surface area (Å²) in [5.74, 6) is -5.00. The van der Waals surface area contributed by atoms with E-state index in [4.69, 9.17) is 32.7 Å². The summed E-state index contributed by atoms with van der Waals surface area (Å²) in [6.45, 7) is 0.172. The molecule has 6 rings (SSSR count). The Bertz CT molecular complexity index is 1470. The number of carbonyl (C=O) groups excluding carboxylic acids is 4. The monoisotopic (exact) mass is 604 g/mol. The lowest BCUT2D eigenvalue weighted by Gasteiger charge is -2.50. The third-order valence-electron chi connectivity index (χ3n) is 8.84. The number of imide groups is 2. The molecule has 1 N–H and O–H groups in total. The second-order valence-corrected chi connectivity index (χ2v) is 12.9. The third-order valence-corrected chi connectivity index (χ3v) is 11.1. The van der Waals surface area contributed by atoms with Crippen LogP contribution in [0.25, 0.3) is 0 Å². The standard InChI is InChI=1S/C28H26Cl2N2O7S/c1-31-25(36)27(29)11-17-15(6-7-16-20(17)24(35)32(23(16)34)12-14-5-4-8-40-14)21(28(27,30)26(31)37)13-9-18(38-2)22(33)19(10-13)39-3/h4-6,8-10,16-17,20-21,33H,7,11-12H2,1-3H3/t16-,17+,20-,21-,27+,28-/m0/s1. The van der Waals surface area contributed by atoms with E-state index in [-0.39, 0.29) is 48.4 Å². The highest BCUT2D eigenvalue weighted by molar-refractivity contribution is 7.09. The number of benzene rings is 1. The number of hydrogen-bond acceptors (Lipinski definition) is 8. The van der Waals surface area contributed by atoms with Crippen molar-refractivity contribution in [3.8, 4) is 17.2 Å². The molecule has 0 spiro atoms. The van der Waals surface area contributed by atoms with Crippen molar-refractivity contribution >= 4 is 58.2 Å². The molecule has 2 aromatic rings. The second-order valence-electron chi connectivity index (χ2n) is 10.6. The van der Waals surface area contributed by atoms with Crippen LogP contribution in [0.2, 0.25) is 0 Å². The molecule has 210 valence electrons. The van der Waals surface area contributed by atoms with Gasteiger partial charge in [0.2, 0.25) is 17.6 Å². The van der Waals surface area contributed by atoms with E-state index < -0.39 is 45.2 Å². The Kier molecular flexibility index (Phi) is 6.25. The maximum Gasteiger partial charge on any atom is 0.253 e. The van der Waals surface area contributed by atoms with Gasteiger partial charge in [0.05, 0.1) is 32.6 Å². The van der Waals surface area contributed by atoms with E-state index in [1.165, 1.54) is 49.6 Å². The van der Waals surface area contributed by atoms with Crippen molar-refractivity contribution in [2.45, 2.75) is 35.1 Å². The third kappa shape index (κ3) is 3.39. The van der Waals surface area contributed by atoms with Gasteiger partial charge in [-0.25, -0.2) is 0 Å². The summed E-state index contributed by atoms with van der Waals surface area (Å²) in [6.07, 6.45) is 2.04. The van der Waals surface area contributed by atoms with Gasteiger partial charge in [0, 0.05) is 17.8 Å². The van der Waals surface area contributed by atoms with Crippen LogP contribution in [0, 0.1) is 17.8 Å². The predicted molar refractivity (Wildman–Crippen MR) is 147 cm³/mol. The molecular formula is C28H26Cl2N2O7S. The van der Waals surface area contributed by atoms with Crippen LogP contribution in [0.3, 0.4) is 0 Å². The molecule has 12 heteroatoms. The molecule has 4 amide bonds. The van der Waals surface area contributed by atoms with Crippen molar-refractivity contribution in [2.75, 3.05) is 21.3 Å². The van der Waals surface area contributed by atoms with Gasteiger partial charge in [0.15, 0.2) is 21.2 Å². The number of fused-ring (bicyclic) bond motifs is 4. The Morgan fingerprint density at radius 3 is 2.33 bits per heavy atom. The number of hydrogen-bond donors (Lipinski definition) is 1. The minimum absolute atomic E-state index is 0.0746. The molecule has 2 aliphatic carbocycles. The molecule has 4 aliphatic rings. The molecule has 1 aromatic carbocycles. The van der Waals surface area contributed by atoms with Crippen molar-refractivity contribution in [1.82, 2.24) is 9.80 Å². The summed E-state index contributed by atoms with van der Waals surface area (Å²) in [7, 11) is 4.08. The molecule has 0 bridgehead atoms. The predicted octanol–water partition coefficient (Wildman–Crippen LogP) is 3.66. The summed E-state index contributed by atoms with van der Waals surface area (Å²) < 4.78 is 10.7. The zero-order valence-electron chi connectivity index (χ0n) is 21.9. The number of rotatable bonds is 5. The van der Waals surface area contributed by atoms with E-state index in [9.17, 15) is 24.3 Å². The number of allylic oxidation sites excluding steroid dienone is 2. The molecule has 40 heavy (non-hydrogen) atoms. The van der Waals surface area contributed by atoms with Crippen molar-refractivity contribution in [1.29, 1.82) is 0 Å². The van der Waals surface area contributed by atoms with Gasteiger partial charge in [-0.3, -0.25) is 29.0 Å². The lowest BCUT2D eigenvalue weighted by Crippen LogP contribution is -2.60. The fraction of sp³-hybridized carbons (Fsp3) is 0.429. The fourth-order valence-electron chi connectivity index (χ4n) is 6.98. The highest BCUT2D eigenvalue weighted by Crippen LogP contribution is 2.65. The van der Waals surface area contributed by atoms with Gasteiger partial charge < -0.3 is 14.6 Å². The van der Waals surface area contributed by atoms with Gasteiger partial charge in [-0.2, -0.15) is 0 Å². The van der Waals surface area contributed by atoms with Crippen molar-refractivity contribution in [2.24, 2.45) is 17.8 Å². The maximum absolute atomic E-state index is 13.9. The molecule has 3 fully saturated rings. The van der Waals surface area contributed by atoms with Crippen LogP contribution in [0.4, 0.5) is 0 Å². The molecule has 2 saturated heterocycles. The van der Waals surface area contributed by atoms with Crippen LogP contribution in [0.15, 0.2) is 41.3 Å². The first-order valence-corrected chi connectivity index (χ1v) is 14.4. The van der Waals surface area contributed by atoms with Crippen LogP contribution < -0.4 is 9.47 Å². The minimum Gasteiger partial charge on any atom is -0.502 e. The fourth-order valence-corrected chi connectivity index (χ4v) is 8.69. The minimum atomic E-state index is -1.94. The number of phenols is 1. The molecule has 2 aliphatic heterocycles. The van der Waals surface area contributed by atoms with E-state index in [2.05, 4.69) is 0 Å². The number of carbonyl (C=O) groups is 4. The van der Waals surface area contributed by atoms with Gasteiger partial charge in [0.25, 0.3) is 11.8 Å². The molecule has 3 heterocycles. The van der Waals surface area contributed by atoms with E-state index in [0.717, 1.165) is 9.78 Å². The van der Waals surface area contributed by atoms with Gasteiger partial charge in [-0.05, 0) is 47.9 Å². The Balaban J connectivity index is 1.52. The van der Waals surface area contributed by atoms with Crippen molar-refractivity contribution in [3.05, 3.63) is 51.7 Å². The Morgan fingerprint density at radius 2 is 1.73 bits per heavy atom. The summed E-state index contributed by atoms with van der Waals surface area (Å²) in [6, 6.07) is 6.79. The van der Waals surface area contributed by atoms with Gasteiger partial charge >= 0.3 is 0 Å². The lowest BCUT2D eigenvalue weighted by atomic mass is 9.56. The molecule has 1 aromatic heterocycles. The Labute approximate surface area is 244 Å². The highest BCUT2D eigenvalue weighted by atomic mass is 35.5. The lowest BCUT2D eigenvalue weighted by molar-refractivity contribution is -0.141. The number of alkyl halides is 2. The van der Waals surface area contributed by atoms with Gasteiger partial charge in [-0.1, -0.05) is 17.7 Å². The zero-order valence-corrected chi connectivity index (χ0v) is 24.2. The largest absolute Gasteiger partial charge is 0.502 e. The number of aromatic hydroxyl groups is 1. The number of likely N-dealkylation sites (tertiary alicyclic amines) is 2. The topological polar surface area (TPSA) is 113 Å². The van der Waals surface area contributed by atoms with Crippen LogP contribution in [-0.2, 0) is 25.7 Å². The quantitative estimate of drug-likeness (QED) is 0.315. The SMILES string of the molecule is COc1cc([C@H]2C3=CC[C@@H]4C(=O)N(Cc5cccs5)C(=O)[C@@H]4[C@@H]3C[C@@]3(Cl)C(=O)N(C)C(=O)[C@@]23Cl)cc(OC)c1O. The average molecular weight is 605 g/mol. The number of phenolic OH excluding ortho intramolecular Hbond substituents is 1. The first kappa shape index (κ1) is 27.1. The van der Waals surface area contributed by atoms with Crippen molar-refractivity contribution < 1.29 is 33.8 Å². The van der Waals surface area contributed by atoms with Crippen LogP contribution in [0.1, 0.15) is 29.2 Å². The summed E-state index contributed by atoms with van der Waals surface area (Å²) >= 11 is 15.8. The number of amides is 4. The van der Waals surface area contributed by atoms with Gasteiger partial charge in [0.1, 0.15) is 0 Å². The summed E-state index contributed by atoms with van der Waals surface area (Å²) in [4.78, 5) is 53.9. The average Bonchev–Trinajstić information content (AvgIpc) is 3.58. The molecular weight excluding hydrogens is 579 g/mol. The van der Waals surface area contributed by atoms with E-state index in [1.807, 2.05) is 23.6 Å². The van der Waals surface area contributed by atoms with E-state index in [1.54, 1.807) is 0 Å². The highest BCUT2D eigenvalue weighted by Gasteiger charge is 2.75. The van der Waals surface area contributed by atoms with Crippen LogP contribution in [-0.4, -0.2) is 69.6 Å². The molecule has 0 radical (unpaired) electrons. The van der Waals surface area contributed by atoms with E-state index >= 15 is 0 Å². The number of halogens is 2.